The van der Waals surface area contributed by atoms with Crippen molar-refractivity contribution in [3.05, 3.63) is 47.7 Å². The number of nitrogens with zero attached hydrogens (tertiary/aromatic N) is 5. The Kier molecular flexibility index (Phi) is 6.87. The molecule has 1 aliphatic heterocycles. The van der Waals surface area contributed by atoms with E-state index < -0.39 is 36.1 Å². The molecule has 0 aromatic carbocycles. The van der Waals surface area contributed by atoms with Gasteiger partial charge in [-0.25, -0.2) is 24.1 Å². The predicted octanol–water partition coefficient (Wildman–Crippen LogP) is 3.73. The fourth-order valence-corrected chi connectivity index (χ4v) is 4.05. The maximum Gasteiger partial charge on any atom is 0.434 e. The van der Waals surface area contributed by atoms with E-state index in [0.29, 0.717) is 11.9 Å². The van der Waals surface area contributed by atoms with Crippen molar-refractivity contribution in [1.29, 1.82) is 0 Å². The van der Waals surface area contributed by atoms with Crippen molar-refractivity contribution in [3.63, 3.8) is 0 Å². The predicted molar refractivity (Wildman–Crippen MR) is 118 cm³/mol. The lowest BCUT2D eigenvalue weighted by molar-refractivity contribution is -0.141. The lowest BCUT2D eigenvalue weighted by Gasteiger charge is -2.14. The highest BCUT2D eigenvalue weighted by Crippen LogP contribution is 2.30. The average Bonchev–Trinajstić information content (AvgIpc) is 3.37. The van der Waals surface area contributed by atoms with Crippen LogP contribution in [0.25, 0.3) is 0 Å². The van der Waals surface area contributed by atoms with Crippen molar-refractivity contribution < 1.29 is 37.0 Å². The highest BCUT2D eigenvalue weighted by Gasteiger charge is 2.37. The van der Waals surface area contributed by atoms with Crippen LogP contribution in [0.1, 0.15) is 21.7 Å². The summed E-state index contributed by atoms with van der Waals surface area (Å²) < 4.78 is 61.6. The zero-order valence-electron chi connectivity index (χ0n) is 18.3. The Morgan fingerprint density at radius 1 is 1.17 bits per heavy atom. The summed E-state index contributed by atoms with van der Waals surface area (Å²) in [6, 6.07) is 2.85. The molecule has 0 aliphatic carbocycles. The Morgan fingerprint density at radius 2 is 1.94 bits per heavy atom. The van der Waals surface area contributed by atoms with Gasteiger partial charge < -0.3 is 25.4 Å². The van der Waals surface area contributed by atoms with E-state index in [9.17, 15) is 27.2 Å². The third kappa shape index (κ3) is 5.59. The van der Waals surface area contributed by atoms with Crippen molar-refractivity contribution >= 4 is 40.0 Å². The molecule has 4 heterocycles. The largest absolute Gasteiger partial charge is 0.469 e. The third-order valence-electron chi connectivity index (χ3n) is 5.01. The monoisotopic (exact) mass is 527 g/mol. The lowest BCUT2D eigenvalue weighted by Crippen LogP contribution is -2.30. The van der Waals surface area contributed by atoms with Gasteiger partial charge in [-0.15, -0.1) is 0 Å². The minimum atomic E-state index is -4.63. The summed E-state index contributed by atoms with van der Waals surface area (Å²) >= 11 is 0.913. The van der Waals surface area contributed by atoms with Gasteiger partial charge in [-0.1, -0.05) is 0 Å². The van der Waals surface area contributed by atoms with Gasteiger partial charge in [0, 0.05) is 6.07 Å². The summed E-state index contributed by atoms with van der Waals surface area (Å²) in [6.45, 7) is 1.15. The molecule has 1 saturated heterocycles. The van der Waals surface area contributed by atoms with Crippen LogP contribution in [0.3, 0.4) is 0 Å². The smallest absolute Gasteiger partial charge is 0.434 e. The maximum absolute atomic E-state index is 14.0. The first-order chi connectivity index (χ1) is 17.0. The number of ether oxygens (including phenoxy) is 1. The van der Waals surface area contributed by atoms with Crippen molar-refractivity contribution in [2.75, 3.05) is 23.7 Å². The molecule has 1 aliphatic rings. The van der Waals surface area contributed by atoms with Crippen molar-refractivity contribution in [2.45, 2.75) is 25.4 Å². The van der Waals surface area contributed by atoms with Crippen LogP contribution in [0.5, 0.6) is 5.88 Å². The molecule has 0 saturated carbocycles. The molecule has 0 bridgehead atoms. The summed E-state index contributed by atoms with van der Waals surface area (Å²) in [4.78, 5) is 35.7. The summed E-state index contributed by atoms with van der Waals surface area (Å²) in [7, 11) is 0. The molecule has 3 aromatic rings. The second-order valence-corrected chi connectivity index (χ2v) is 8.35. The molecular weight excluding hydrogens is 510 g/mol. The number of amides is 2. The number of halogens is 4. The number of nitrogens with one attached hydrogen (secondary N) is 2. The van der Waals surface area contributed by atoms with Crippen LogP contribution >= 0.6 is 11.5 Å². The van der Waals surface area contributed by atoms with Gasteiger partial charge in [-0.05, 0) is 24.5 Å². The fourth-order valence-electron chi connectivity index (χ4n) is 3.25. The number of aryl methyl sites for hydroxylation is 1. The van der Waals surface area contributed by atoms with Crippen molar-refractivity contribution in [3.8, 4) is 5.88 Å². The molecule has 0 radical (unpaired) electrons. The topological polar surface area (TPSA) is 142 Å². The van der Waals surface area contributed by atoms with Crippen LogP contribution in [0.2, 0.25) is 0 Å². The number of aromatic nitrogens is 4. The molecule has 11 nitrogen and oxygen atoms in total. The second-order valence-electron chi connectivity index (χ2n) is 7.58. The minimum absolute atomic E-state index is 0.0107. The fraction of sp³-hybridized carbons (Fsp3) is 0.300. The number of anilines is 3. The normalized spacial score (nSPS) is 17.6. The number of carbonyl (C=O) groups excluding carboxylic acids is 1. The zero-order valence-corrected chi connectivity index (χ0v) is 19.1. The number of carboxylic acid groups (broad SMARTS) is 1. The number of hydrogen-bond donors (Lipinski definition) is 3. The zero-order chi connectivity index (χ0) is 26.0. The number of carbonyl (C=O) groups is 2. The number of hydrogen-bond acceptors (Lipinski definition) is 9. The van der Waals surface area contributed by atoms with Gasteiger partial charge in [0.25, 0.3) is 5.91 Å². The van der Waals surface area contributed by atoms with Gasteiger partial charge in [0.2, 0.25) is 5.88 Å². The van der Waals surface area contributed by atoms with Gasteiger partial charge in [0.05, 0.1) is 48.6 Å². The van der Waals surface area contributed by atoms with E-state index in [2.05, 4.69) is 30.0 Å². The quantitative estimate of drug-likeness (QED) is 0.409. The van der Waals surface area contributed by atoms with E-state index in [-0.39, 0.29) is 41.0 Å². The molecule has 2 atom stereocenters. The standard InChI is InChI=1S/C20H17F4N7O4S/c1-9-16(18(36-30-9)29-14-6-25-13(5-26-14)20(22,23)24)17(32)28-10-2-3-15(27-4-10)35-12-8-31(19(33)34)7-11(12)21/h2-6,11-12H,7-8H2,1H3,(H,26,29)(H,28,32)(H,33,34)/t11-,12+/m0/s1. The van der Waals surface area contributed by atoms with Gasteiger partial charge >= 0.3 is 12.3 Å². The Bertz CT molecular complexity index is 1250. The first-order valence-electron chi connectivity index (χ1n) is 10.2. The van der Waals surface area contributed by atoms with Crippen molar-refractivity contribution in [2.24, 2.45) is 0 Å². The summed E-state index contributed by atoms with van der Waals surface area (Å²) in [5, 5.41) is 14.6. The molecule has 0 unspecified atom stereocenters. The molecule has 16 heteroatoms. The first-order valence-corrected chi connectivity index (χ1v) is 11.0. The van der Waals surface area contributed by atoms with Gasteiger partial charge in [0.15, 0.2) is 18.0 Å². The summed E-state index contributed by atoms with van der Waals surface area (Å²) in [6.07, 6.45) is -5.64. The Hall–Kier alpha value is -4.08. The van der Waals surface area contributed by atoms with Gasteiger partial charge in [0.1, 0.15) is 10.8 Å². The van der Waals surface area contributed by atoms with E-state index in [4.69, 9.17) is 9.84 Å². The Morgan fingerprint density at radius 3 is 2.53 bits per heavy atom. The SMILES string of the molecule is Cc1nsc(Nc2cnc(C(F)(F)F)cn2)c1C(=O)Nc1ccc(O[C@@H]2CN(C(=O)O)C[C@@H]2F)nc1. The Balaban J connectivity index is 1.40. The second kappa shape index (κ2) is 9.88. The number of rotatable bonds is 6. The van der Waals surface area contributed by atoms with E-state index in [1.165, 1.54) is 18.3 Å². The van der Waals surface area contributed by atoms with Gasteiger partial charge in [-0.3, -0.25) is 4.79 Å². The third-order valence-corrected chi connectivity index (χ3v) is 5.86. The summed E-state index contributed by atoms with van der Waals surface area (Å²) in [5.41, 5.74) is -0.373. The van der Waals surface area contributed by atoms with Crippen molar-refractivity contribution in [1.82, 2.24) is 24.2 Å². The van der Waals surface area contributed by atoms with Crippen LogP contribution in [-0.2, 0) is 6.18 Å². The molecule has 0 spiro atoms. The number of likely N-dealkylation sites (tertiary alicyclic amines) is 1. The molecule has 2 amide bonds. The number of alkyl halides is 4. The Labute approximate surface area is 204 Å². The lowest BCUT2D eigenvalue weighted by atomic mass is 10.2. The highest BCUT2D eigenvalue weighted by molar-refractivity contribution is 7.10. The minimum Gasteiger partial charge on any atom is -0.469 e. The number of pyridine rings is 1. The van der Waals surface area contributed by atoms with E-state index in [1.807, 2.05) is 0 Å². The average molecular weight is 527 g/mol. The van der Waals surface area contributed by atoms with Crippen LogP contribution < -0.4 is 15.4 Å². The van der Waals surface area contributed by atoms with E-state index in [1.54, 1.807) is 6.92 Å². The molecule has 36 heavy (non-hydrogen) atoms. The van der Waals surface area contributed by atoms with Crippen LogP contribution in [0, 0.1) is 6.92 Å². The summed E-state index contributed by atoms with van der Waals surface area (Å²) in [5.74, 6) is -0.538. The molecule has 1 fully saturated rings. The molecule has 3 aromatic heterocycles. The molecule has 4 rings (SSSR count). The van der Waals surface area contributed by atoms with Crippen LogP contribution in [0.15, 0.2) is 30.7 Å². The maximum atomic E-state index is 14.0. The first kappa shape index (κ1) is 25.0. The van der Waals surface area contributed by atoms with Crippen LogP contribution in [0.4, 0.5) is 38.9 Å². The highest BCUT2D eigenvalue weighted by atomic mass is 32.1. The molecule has 190 valence electrons. The molecule has 3 N–H and O–H groups in total. The van der Waals surface area contributed by atoms with Gasteiger partial charge in [-0.2, -0.15) is 17.5 Å². The van der Waals surface area contributed by atoms with E-state index in [0.717, 1.165) is 22.6 Å². The van der Waals surface area contributed by atoms with E-state index >= 15 is 0 Å². The molecular formula is C20H17F4N7O4S. The van der Waals surface area contributed by atoms with Crippen LogP contribution in [-0.4, -0.2) is 66.7 Å².